The highest BCUT2D eigenvalue weighted by atomic mass is 16.5. The summed E-state index contributed by atoms with van der Waals surface area (Å²) >= 11 is 0. The van der Waals surface area contributed by atoms with Crippen molar-refractivity contribution < 1.29 is 18.8 Å². The molecule has 0 radical (unpaired) electrons. The highest BCUT2D eigenvalue weighted by Crippen LogP contribution is 2.30. The molecule has 2 fully saturated rings. The zero-order valence-corrected chi connectivity index (χ0v) is 19.4. The van der Waals surface area contributed by atoms with E-state index in [1.165, 1.54) is 12.8 Å². The average Bonchev–Trinajstić information content (AvgIpc) is 3.63. The maximum Gasteiger partial charge on any atom is 0.260 e. The summed E-state index contributed by atoms with van der Waals surface area (Å²) in [4.78, 5) is 30.4. The number of aromatic nitrogens is 1. The maximum absolute atomic E-state index is 13.7. The quantitative estimate of drug-likeness (QED) is 0.535. The van der Waals surface area contributed by atoms with Gasteiger partial charge < -0.3 is 19.1 Å². The van der Waals surface area contributed by atoms with Crippen LogP contribution in [0.15, 0.2) is 65.2 Å². The van der Waals surface area contributed by atoms with Crippen molar-refractivity contribution in [3.8, 4) is 11.3 Å². The molecule has 7 nitrogen and oxygen atoms in total. The van der Waals surface area contributed by atoms with E-state index >= 15 is 0 Å². The first-order valence-electron chi connectivity index (χ1n) is 11.8. The van der Waals surface area contributed by atoms with Crippen molar-refractivity contribution >= 4 is 11.8 Å². The number of carbonyl (C=O) groups excluding carboxylic acids is 2. The number of amides is 2. The van der Waals surface area contributed by atoms with Gasteiger partial charge in [0.1, 0.15) is 23.6 Å². The molecule has 0 N–H and O–H groups in total. The van der Waals surface area contributed by atoms with Gasteiger partial charge in [0.15, 0.2) is 0 Å². The van der Waals surface area contributed by atoms with Crippen molar-refractivity contribution in [1.29, 1.82) is 0 Å². The van der Waals surface area contributed by atoms with E-state index in [9.17, 15) is 9.59 Å². The Kier molecular flexibility index (Phi) is 6.45. The maximum atomic E-state index is 13.7. The van der Waals surface area contributed by atoms with Gasteiger partial charge in [0.2, 0.25) is 5.91 Å². The van der Waals surface area contributed by atoms with Gasteiger partial charge in [-0.1, -0.05) is 65.8 Å². The van der Waals surface area contributed by atoms with Crippen LogP contribution in [-0.4, -0.2) is 59.1 Å². The molecule has 3 aromatic rings. The molecule has 34 heavy (non-hydrogen) atoms. The molecule has 1 saturated carbocycles. The molecule has 1 aromatic heterocycles. The molecule has 1 saturated heterocycles. The molecule has 0 bridgehead atoms. The normalized spacial score (nSPS) is 18.7. The van der Waals surface area contributed by atoms with Gasteiger partial charge in [-0.2, -0.15) is 0 Å². The van der Waals surface area contributed by atoms with Crippen molar-refractivity contribution in [2.45, 2.75) is 32.4 Å². The lowest BCUT2D eigenvalue weighted by Gasteiger charge is -2.25. The van der Waals surface area contributed by atoms with E-state index in [1.54, 1.807) is 16.7 Å². The molecule has 2 heterocycles. The third-order valence-electron chi connectivity index (χ3n) is 6.42. The SMILES string of the molecule is Cc1onc(-c2ccccc2)c1C(=O)N1CC(=O)N(Cc2ccccc2)C[C@H](OCC2CC2)C1. The lowest BCUT2D eigenvalue weighted by Crippen LogP contribution is -2.40. The smallest absolute Gasteiger partial charge is 0.260 e. The summed E-state index contributed by atoms with van der Waals surface area (Å²) in [5.41, 5.74) is 2.75. The number of rotatable bonds is 7. The molecule has 0 unspecified atom stereocenters. The summed E-state index contributed by atoms with van der Waals surface area (Å²) in [6, 6.07) is 19.4. The fraction of sp³-hybridized carbons (Fsp3) is 0.370. The zero-order valence-electron chi connectivity index (χ0n) is 19.4. The fourth-order valence-electron chi connectivity index (χ4n) is 4.33. The molecule has 1 aliphatic heterocycles. The van der Waals surface area contributed by atoms with Crippen LogP contribution in [0.25, 0.3) is 11.3 Å². The number of carbonyl (C=O) groups is 2. The highest BCUT2D eigenvalue weighted by molar-refractivity contribution is 6.02. The lowest BCUT2D eigenvalue weighted by atomic mass is 10.1. The van der Waals surface area contributed by atoms with E-state index in [1.807, 2.05) is 60.7 Å². The largest absolute Gasteiger partial charge is 0.374 e. The molecule has 1 atom stereocenters. The minimum Gasteiger partial charge on any atom is -0.374 e. The summed E-state index contributed by atoms with van der Waals surface area (Å²) in [6.07, 6.45) is 2.12. The second-order valence-electron chi connectivity index (χ2n) is 9.17. The Hall–Kier alpha value is -3.45. The van der Waals surface area contributed by atoms with E-state index in [2.05, 4.69) is 5.16 Å². The zero-order chi connectivity index (χ0) is 23.5. The Bertz CT molecular complexity index is 1140. The Labute approximate surface area is 199 Å². The number of nitrogens with zero attached hydrogens (tertiary/aromatic N) is 3. The Balaban J connectivity index is 1.40. The van der Waals surface area contributed by atoms with Crippen LogP contribution in [0.3, 0.4) is 0 Å². The van der Waals surface area contributed by atoms with Gasteiger partial charge in [-0.25, -0.2) is 0 Å². The van der Waals surface area contributed by atoms with E-state index < -0.39 is 0 Å². The molecule has 5 rings (SSSR count). The van der Waals surface area contributed by atoms with Crippen molar-refractivity contribution in [3.05, 3.63) is 77.6 Å². The Morgan fingerprint density at radius 2 is 1.76 bits per heavy atom. The second kappa shape index (κ2) is 9.81. The molecule has 2 aromatic carbocycles. The monoisotopic (exact) mass is 459 g/mol. The predicted octanol–water partition coefficient (Wildman–Crippen LogP) is 3.93. The summed E-state index contributed by atoms with van der Waals surface area (Å²) in [7, 11) is 0. The van der Waals surface area contributed by atoms with Crippen LogP contribution in [0.4, 0.5) is 0 Å². The Morgan fingerprint density at radius 3 is 2.47 bits per heavy atom. The van der Waals surface area contributed by atoms with Gasteiger partial charge in [0.05, 0.1) is 6.10 Å². The molecule has 1 aliphatic carbocycles. The van der Waals surface area contributed by atoms with E-state index in [4.69, 9.17) is 9.26 Å². The second-order valence-corrected chi connectivity index (χ2v) is 9.17. The third-order valence-corrected chi connectivity index (χ3v) is 6.42. The first-order chi connectivity index (χ1) is 16.6. The van der Waals surface area contributed by atoms with Gasteiger partial charge >= 0.3 is 0 Å². The number of aryl methyl sites for hydroxylation is 1. The first-order valence-corrected chi connectivity index (χ1v) is 11.8. The number of ether oxygens (including phenoxy) is 1. The molecule has 2 aliphatic rings. The summed E-state index contributed by atoms with van der Waals surface area (Å²) in [5.74, 6) is 0.686. The minimum absolute atomic E-state index is 0.00615. The predicted molar refractivity (Wildman–Crippen MR) is 127 cm³/mol. The van der Waals surface area contributed by atoms with Crippen LogP contribution in [0.5, 0.6) is 0 Å². The lowest BCUT2D eigenvalue weighted by molar-refractivity contribution is -0.132. The molecular formula is C27H29N3O4. The molecule has 2 amide bonds. The van der Waals surface area contributed by atoms with E-state index in [-0.39, 0.29) is 24.5 Å². The topological polar surface area (TPSA) is 75.9 Å². The van der Waals surface area contributed by atoms with Crippen LogP contribution < -0.4 is 0 Å². The van der Waals surface area contributed by atoms with Crippen LogP contribution in [0, 0.1) is 12.8 Å². The molecule has 7 heteroatoms. The molecule has 0 spiro atoms. The van der Waals surface area contributed by atoms with Gasteiger partial charge in [-0.3, -0.25) is 9.59 Å². The minimum atomic E-state index is -0.257. The third kappa shape index (κ3) is 5.04. The van der Waals surface area contributed by atoms with Crippen LogP contribution >= 0.6 is 0 Å². The molecular weight excluding hydrogens is 430 g/mol. The van der Waals surface area contributed by atoms with Crippen LogP contribution in [0.2, 0.25) is 0 Å². The molecule has 176 valence electrons. The number of hydrogen-bond acceptors (Lipinski definition) is 5. The van der Waals surface area contributed by atoms with Crippen molar-refractivity contribution in [1.82, 2.24) is 15.0 Å². The summed E-state index contributed by atoms with van der Waals surface area (Å²) in [6.45, 7) is 3.69. The first kappa shape index (κ1) is 22.3. The summed E-state index contributed by atoms with van der Waals surface area (Å²) < 4.78 is 11.6. The fourth-order valence-corrected chi connectivity index (χ4v) is 4.33. The van der Waals surface area contributed by atoms with Crippen LogP contribution in [-0.2, 0) is 16.1 Å². The number of benzene rings is 2. The highest BCUT2D eigenvalue weighted by Gasteiger charge is 2.35. The summed E-state index contributed by atoms with van der Waals surface area (Å²) in [5, 5.41) is 4.15. The van der Waals surface area contributed by atoms with E-state index in [0.29, 0.717) is 49.2 Å². The van der Waals surface area contributed by atoms with Crippen molar-refractivity contribution in [2.24, 2.45) is 5.92 Å². The van der Waals surface area contributed by atoms with Gasteiger partial charge in [0.25, 0.3) is 5.91 Å². The number of hydrogen-bond donors (Lipinski definition) is 0. The standard InChI is InChI=1S/C27H29N3O4/c1-19-25(26(28-34-19)22-10-6-3-7-11-22)27(32)30-16-23(33-18-21-12-13-21)15-29(24(31)17-30)14-20-8-4-2-5-9-20/h2-11,21,23H,12-18H2,1H3/t23-/m0/s1. The van der Waals surface area contributed by atoms with Crippen molar-refractivity contribution in [2.75, 3.05) is 26.2 Å². The van der Waals surface area contributed by atoms with E-state index in [0.717, 1.165) is 11.1 Å². The van der Waals surface area contributed by atoms with Gasteiger partial charge in [0, 0.05) is 31.8 Å². The van der Waals surface area contributed by atoms with Gasteiger partial charge in [-0.05, 0) is 31.2 Å². The van der Waals surface area contributed by atoms with Crippen molar-refractivity contribution in [3.63, 3.8) is 0 Å². The van der Waals surface area contributed by atoms with Crippen LogP contribution in [0.1, 0.15) is 34.5 Å². The van der Waals surface area contributed by atoms with Gasteiger partial charge in [-0.15, -0.1) is 0 Å². The average molecular weight is 460 g/mol. The Morgan fingerprint density at radius 1 is 1.06 bits per heavy atom.